The molecule has 0 amide bonds. The van der Waals surface area contributed by atoms with Crippen LogP contribution in [0.2, 0.25) is 0 Å². The molecule has 2 nitrogen and oxygen atoms in total. The average molecular weight is 214 g/mol. The lowest BCUT2D eigenvalue weighted by molar-refractivity contribution is 0.389. The molecule has 1 aromatic rings. The van der Waals surface area contributed by atoms with E-state index in [9.17, 15) is 0 Å². The van der Waals surface area contributed by atoms with Gasteiger partial charge in [-0.1, -0.05) is 30.3 Å². The monoisotopic (exact) mass is 214 g/mol. The molecule has 0 unspecified atom stereocenters. The largest absolute Gasteiger partial charge is 0.353 e. The van der Waals surface area contributed by atoms with Gasteiger partial charge in [0.1, 0.15) is 5.84 Å². The Kier molecular flexibility index (Phi) is 2.43. The normalized spacial score (nSPS) is 19.5. The molecule has 2 aliphatic rings. The third kappa shape index (κ3) is 2.11. The van der Waals surface area contributed by atoms with Gasteiger partial charge in [0, 0.05) is 18.2 Å². The average Bonchev–Trinajstić information content (AvgIpc) is 3.16. The van der Waals surface area contributed by atoms with Gasteiger partial charge < -0.3 is 4.90 Å². The first-order chi connectivity index (χ1) is 7.84. The van der Waals surface area contributed by atoms with Gasteiger partial charge in [0.2, 0.25) is 0 Å². The predicted molar refractivity (Wildman–Crippen MR) is 65.7 cm³/mol. The van der Waals surface area contributed by atoms with E-state index in [0.717, 1.165) is 23.9 Å². The summed E-state index contributed by atoms with van der Waals surface area (Å²) in [6, 6.07) is 10.8. The molecule has 1 aromatic carbocycles. The SMILES string of the molecule is N=C(c1ccccc1)N(CC1CC1)C1CC1. The van der Waals surface area contributed by atoms with E-state index in [1.165, 1.54) is 25.7 Å². The van der Waals surface area contributed by atoms with E-state index in [1.54, 1.807) is 0 Å². The fourth-order valence-corrected chi connectivity index (χ4v) is 2.15. The van der Waals surface area contributed by atoms with Gasteiger partial charge in [-0.15, -0.1) is 0 Å². The second kappa shape index (κ2) is 3.93. The Morgan fingerprint density at radius 1 is 1.12 bits per heavy atom. The van der Waals surface area contributed by atoms with Crippen LogP contribution in [0.3, 0.4) is 0 Å². The molecule has 1 N–H and O–H groups in total. The van der Waals surface area contributed by atoms with Gasteiger partial charge in [0.05, 0.1) is 0 Å². The van der Waals surface area contributed by atoms with E-state index in [-0.39, 0.29) is 0 Å². The van der Waals surface area contributed by atoms with E-state index in [1.807, 2.05) is 30.3 Å². The molecule has 0 heterocycles. The topological polar surface area (TPSA) is 27.1 Å². The van der Waals surface area contributed by atoms with E-state index in [0.29, 0.717) is 6.04 Å². The molecule has 0 atom stereocenters. The number of nitrogens with zero attached hydrogens (tertiary/aromatic N) is 1. The molecule has 0 aliphatic heterocycles. The fourth-order valence-electron chi connectivity index (χ4n) is 2.15. The molecule has 0 saturated heterocycles. The molecule has 2 heteroatoms. The van der Waals surface area contributed by atoms with Crippen LogP contribution < -0.4 is 0 Å². The molecule has 0 bridgehead atoms. The van der Waals surface area contributed by atoms with Gasteiger partial charge in [0.15, 0.2) is 0 Å². The molecule has 2 fully saturated rings. The zero-order chi connectivity index (χ0) is 11.0. The Hall–Kier alpha value is -1.31. The molecule has 2 saturated carbocycles. The minimum atomic E-state index is 0.660. The molecule has 16 heavy (non-hydrogen) atoms. The van der Waals surface area contributed by atoms with E-state index in [2.05, 4.69) is 4.90 Å². The summed E-state index contributed by atoms with van der Waals surface area (Å²) in [7, 11) is 0. The number of nitrogens with one attached hydrogen (secondary N) is 1. The molecular weight excluding hydrogens is 196 g/mol. The molecular formula is C14H18N2. The highest BCUT2D eigenvalue weighted by atomic mass is 15.2. The van der Waals surface area contributed by atoms with Gasteiger partial charge in [0.25, 0.3) is 0 Å². The second-order valence-electron chi connectivity index (χ2n) is 5.04. The molecule has 2 aliphatic carbocycles. The minimum Gasteiger partial charge on any atom is -0.353 e. The minimum absolute atomic E-state index is 0.660. The van der Waals surface area contributed by atoms with Crippen LogP contribution in [0.15, 0.2) is 30.3 Å². The van der Waals surface area contributed by atoms with Crippen LogP contribution in [-0.4, -0.2) is 23.3 Å². The Balaban J connectivity index is 1.74. The highest BCUT2D eigenvalue weighted by molar-refractivity contribution is 5.96. The summed E-state index contributed by atoms with van der Waals surface area (Å²) in [4.78, 5) is 2.33. The molecule has 0 aromatic heterocycles. The summed E-state index contributed by atoms with van der Waals surface area (Å²) in [6.45, 7) is 1.11. The van der Waals surface area contributed by atoms with Gasteiger partial charge in [-0.05, 0) is 31.6 Å². The maximum absolute atomic E-state index is 8.30. The first-order valence-electron chi connectivity index (χ1n) is 6.25. The van der Waals surface area contributed by atoms with E-state index >= 15 is 0 Å². The summed E-state index contributed by atoms with van der Waals surface area (Å²) in [5.41, 5.74) is 1.06. The Morgan fingerprint density at radius 3 is 2.38 bits per heavy atom. The third-order valence-electron chi connectivity index (χ3n) is 3.47. The number of benzene rings is 1. The van der Waals surface area contributed by atoms with Gasteiger partial charge in [-0.2, -0.15) is 0 Å². The quantitative estimate of drug-likeness (QED) is 0.605. The number of hydrogen-bond donors (Lipinski definition) is 1. The maximum Gasteiger partial charge on any atom is 0.128 e. The first kappa shape index (κ1) is 9.88. The highest BCUT2D eigenvalue weighted by Gasteiger charge is 2.35. The number of hydrogen-bond acceptors (Lipinski definition) is 1. The van der Waals surface area contributed by atoms with Gasteiger partial charge in [-0.3, -0.25) is 5.41 Å². The van der Waals surface area contributed by atoms with Crippen LogP contribution in [-0.2, 0) is 0 Å². The first-order valence-corrected chi connectivity index (χ1v) is 6.25. The summed E-state index contributed by atoms with van der Waals surface area (Å²) < 4.78 is 0. The summed E-state index contributed by atoms with van der Waals surface area (Å²) in [5.74, 6) is 1.60. The van der Waals surface area contributed by atoms with Crippen molar-refractivity contribution in [3.05, 3.63) is 35.9 Å². The van der Waals surface area contributed by atoms with E-state index in [4.69, 9.17) is 5.41 Å². The zero-order valence-corrected chi connectivity index (χ0v) is 9.52. The number of rotatable bonds is 4. The van der Waals surface area contributed by atoms with Crippen molar-refractivity contribution in [1.82, 2.24) is 4.90 Å². The van der Waals surface area contributed by atoms with Crippen LogP contribution in [0.5, 0.6) is 0 Å². The Labute approximate surface area is 96.8 Å². The van der Waals surface area contributed by atoms with Crippen LogP contribution in [0.4, 0.5) is 0 Å². The van der Waals surface area contributed by atoms with E-state index < -0.39 is 0 Å². The van der Waals surface area contributed by atoms with Crippen molar-refractivity contribution in [2.45, 2.75) is 31.7 Å². The van der Waals surface area contributed by atoms with Crippen molar-refractivity contribution in [3.63, 3.8) is 0 Å². The van der Waals surface area contributed by atoms with Crippen LogP contribution in [0.1, 0.15) is 31.2 Å². The van der Waals surface area contributed by atoms with Crippen molar-refractivity contribution in [2.24, 2.45) is 5.92 Å². The van der Waals surface area contributed by atoms with Gasteiger partial charge in [-0.25, -0.2) is 0 Å². The van der Waals surface area contributed by atoms with Crippen molar-refractivity contribution in [1.29, 1.82) is 5.41 Å². The maximum atomic E-state index is 8.30. The summed E-state index contributed by atoms with van der Waals surface area (Å²) in [5, 5.41) is 8.30. The third-order valence-corrected chi connectivity index (χ3v) is 3.47. The lowest BCUT2D eigenvalue weighted by Crippen LogP contribution is -2.34. The molecule has 0 radical (unpaired) electrons. The summed E-state index contributed by atoms with van der Waals surface area (Å²) >= 11 is 0. The smallest absolute Gasteiger partial charge is 0.128 e. The van der Waals surface area contributed by atoms with Crippen LogP contribution >= 0.6 is 0 Å². The van der Waals surface area contributed by atoms with Crippen LogP contribution in [0.25, 0.3) is 0 Å². The standard InChI is InChI=1S/C14H18N2/c15-14(12-4-2-1-3-5-12)16(13-8-9-13)10-11-6-7-11/h1-5,11,13,15H,6-10H2. The van der Waals surface area contributed by atoms with Gasteiger partial charge >= 0.3 is 0 Å². The lowest BCUT2D eigenvalue weighted by atomic mass is 10.2. The summed E-state index contributed by atoms with van der Waals surface area (Å²) in [6.07, 6.45) is 5.29. The Morgan fingerprint density at radius 2 is 1.81 bits per heavy atom. The van der Waals surface area contributed by atoms with Crippen molar-refractivity contribution < 1.29 is 0 Å². The highest BCUT2D eigenvalue weighted by Crippen LogP contribution is 2.35. The lowest BCUT2D eigenvalue weighted by Gasteiger charge is -2.25. The van der Waals surface area contributed by atoms with Crippen molar-refractivity contribution in [3.8, 4) is 0 Å². The van der Waals surface area contributed by atoms with Crippen molar-refractivity contribution >= 4 is 5.84 Å². The number of amidine groups is 1. The van der Waals surface area contributed by atoms with Crippen molar-refractivity contribution in [2.75, 3.05) is 6.54 Å². The predicted octanol–water partition coefficient (Wildman–Crippen LogP) is 2.89. The Bertz CT molecular complexity index is 377. The molecule has 0 spiro atoms. The second-order valence-corrected chi connectivity index (χ2v) is 5.04. The van der Waals surface area contributed by atoms with Crippen LogP contribution in [0, 0.1) is 11.3 Å². The fraction of sp³-hybridized carbons (Fsp3) is 0.500. The molecule has 84 valence electrons. The zero-order valence-electron chi connectivity index (χ0n) is 9.52. The molecule has 3 rings (SSSR count).